The smallest absolute Gasteiger partial charge is 0.444 e. The van der Waals surface area contributed by atoms with Crippen LogP contribution in [-0.2, 0) is 4.74 Å². The van der Waals surface area contributed by atoms with Crippen LogP contribution in [0.1, 0.15) is 33.6 Å². The highest BCUT2D eigenvalue weighted by Gasteiger charge is 2.32. The van der Waals surface area contributed by atoms with Crippen molar-refractivity contribution in [1.82, 2.24) is 5.32 Å². The number of hydrogen-bond donors (Lipinski definition) is 3. The standard InChI is InChI=1S/C17H25F3N4O3.HI/c1-16(2,3)27-15(25)23-11-7-6-10-22-14(21)24-12-8-4-5-9-13(12)26-17(18,19)20;/h4-5,8-9H,6-7,10-11H2,1-3H3,(H,23,25)(H3,21,22,24);1H. The van der Waals surface area contributed by atoms with Crippen molar-refractivity contribution in [3.63, 3.8) is 0 Å². The van der Waals surface area contributed by atoms with Gasteiger partial charge in [-0.3, -0.25) is 4.99 Å². The number of carbonyl (C=O) groups is 1. The van der Waals surface area contributed by atoms with Crippen molar-refractivity contribution >= 4 is 41.7 Å². The van der Waals surface area contributed by atoms with Crippen LogP contribution in [0.25, 0.3) is 0 Å². The largest absolute Gasteiger partial charge is 0.573 e. The molecule has 0 saturated carbocycles. The van der Waals surface area contributed by atoms with Crippen LogP contribution in [0, 0.1) is 0 Å². The predicted octanol–water partition coefficient (Wildman–Crippen LogP) is 4.23. The molecule has 1 rings (SSSR count). The third kappa shape index (κ3) is 12.5. The van der Waals surface area contributed by atoms with Crippen LogP contribution in [0.4, 0.5) is 23.7 Å². The molecule has 0 radical (unpaired) electrons. The van der Waals surface area contributed by atoms with Crippen molar-refractivity contribution in [1.29, 1.82) is 0 Å². The lowest BCUT2D eigenvalue weighted by Crippen LogP contribution is -2.33. The van der Waals surface area contributed by atoms with Crippen molar-refractivity contribution in [2.75, 3.05) is 18.4 Å². The molecule has 1 aromatic rings. The van der Waals surface area contributed by atoms with E-state index in [0.717, 1.165) is 0 Å². The van der Waals surface area contributed by atoms with E-state index < -0.39 is 23.8 Å². The molecular formula is C17H26F3IN4O3. The van der Waals surface area contributed by atoms with Crippen molar-refractivity contribution in [2.45, 2.75) is 45.6 Å². The summed E-state index contributed by atoms with van der Waals surface area (Å²) in [6.45, 7) is 6.08. The van der Waals surface area contributed by atoms with E-state index in [1.807, 2.05) is 0 Å². The Morgan fingerprint density at radius 3 is 2.43 bits per heavy atom. The summed E-state index contributed by atoms with van der Waals surface area (Å²) in [5, 5.41) is 5.20. The van der Waals surface area contributed by atoms with E-state index in [-0.39, 0.29) is 35.6 Å². The lowest BCUT2D eigenvalue weighted by atomic mass is 10.2. The topological polar surface area (TPSA) is 98.0 Å². The molecule has 0 bridgehead atoms. The van der Waals surface area contributed by atoms with Gasteiger partial charge >= 0.3 is 12.5 Å². The minimum absolute atomic E-state index is 0. The highest BCUT2D eigenvalue weighted by atomic mass is 127. The number of nitrogens with two attached hydrogens (primary N) is 1. The zero-order valence-electron chi connectivity index (χ0n) is 15.9. The molecule has 0 saturated heterocycles. The molecule has 0 heterocycles. The van der Waals surface area contributed by atoms with Gasteiger partial charge in [-0.05, 0) is 45.7 Å². The molecule has 4 N–H and O–H groups in total. The van der Waals surface area contributed by atoms with Crippen LogP contribution in [0.2, 0.25) is 0 Å². The molecule has 1 aromatic carbocycles. The molecular weight excluding hydrogens is 492 g/mol. The summed E-state index contributed by atoms with van der Waals surface area (Å²) in [6, 6.07) is 5.53. The summed E-state index contributed by atoms with van der Waals surface area (Å²) >= 11 is 0. The minimum Gasteiger partial charge on any atom is -0.444 e. The maximum absolute atomic E-state index is 12.4. The van der Waals surface area contributed by atoms with Gasteiger partial charge in [0.1, 0.15) is 5.60 Å². The number of alkyl halides is 3. The number of aliphatic imine (C=N–C) groups is 1. The van der Waals surface area contributed by atoms with Gasteiger partial charge in [-0.2, -0.15) is 0 Å². The van der Waals surface area contributed by atoms with E-state index in [4.69, 9.17) is 10.5 Å². The van der Waals surface area contributed by atoms with Gasteiger partial charge in [0.25, 0.3) is 0 Å². The maximum atomic E-state index is 12.4. The maximum Gasteiger partial charge on any atom is 0.573 e. The van der Waals surface area contributed by atoms with Gasteiger partial charge in [0.2, 0.25) is 0 Å². The van der Waals surface area contributed by atoms with E-state index in [2.05, 4.69) is 20.4 Å². The molecule has 0 fully saturated rings. The summed E-state index contributed by atoms with van der Waals surface area (Å²) in [5.41, 5.74) is 5.19. The SMILES string of the molecule is CC(C)(C)OC(=O)NCCCCN=C(N)Nc1ccccc1OC(F)(F)F.I. The van der Waals surface area contributed by atoms with Gasteiger partial charge < -0.3 is 25.8 Å². The van der Waals surface area contributed by atoms with E-state index >= 15 is 0 Å². The Bertz CT molecular complexity index is 649. The first-order valence-corrected chi connectivity index (χ1v) is 8.35. The number of hydrogen-bond acceptors (Lipinski definition) is 4. The molecule has 0 aliphatic rings. The molecule has 0 aliphatic heterocycles. The van der Waals surface area contributed by atoms with Crippen LogP contribution in [-0.4, -0.2) is 37.1 Å². The third-order valence-corrected chi connectivity index (χ3v) is 2.91. The Balaban J connectivity index is 0.00000729. The Morgan fingerprint density at radius 1 is 1.18 bits per heavy atom. The van der Waals surface area contributed by atoms with E-state index in [9.17, 15) is 18.0 Å². The van der Waals surface area contributed by atoms with Gasteiger partial charge in [-0.25, -0.2) is 4.79 Å². The van der Waals surface area contributed by atoms with Gasteiger partial charge in [0.05, 0.1) is 5.69 Å². The van der Waals surface area contributed by atoms with Crippen molar-refractivity contribution in [3.05, 3.63) is 24.3 Å². The summed E-state index contributed by atoms with van der Waals surface area (Å²) in [4.78, 5) is 15.5. The number of carbonyl (C=O) groups excluding carboxylic acids is 1. The first-order valence-electron chi connectivity index (χ1n) is 8.35. The van der Waals surface area contributed by atoms with Crippen LogP contribution < -0.4 is 21.1 Å². The van der Waals surface area contributed by atoms with Crippen LogP contribution in [0.5, 0.6) is 5.75 Å². The fourth-order valence-electron chi connectivity index (χ4n) is 1.90. The third-order valence-electron chi connectivity index (χ3n) is 2.91. The fraction of sp³-hybridized carbons (Fsp3) is 0.529. The molecule has 160 valence electrons. The van der Waals surface area contributed by atoms with Gasteiger partial charge in [0.15, 0.2) is 11.7 Å². The first kappa shape index (κ1) is 26.1. The summed E-state index contributed by atoms with van der Waals surface area (Å²) in [6.07, 6.45) is -4.03. The Kier molecular flexibility index (Phi) is 11.0. The number of guanidine groups is 1. The van der Waals surface area contributed by atoms with Crippen molar-refractivity contribution in [3.8, 4) is 5.75 Å². The molecule has 0 atom stereocenters. The lowest BCUT2D eigenvalue weighted by Gasteiger charge is -2.19. The number of amides is 1. The molecule has 11 heteroatoms. The molecule has 0 aliphatic carbocycles. The Hall–Kier alpha value is -1.92. The Morgan fingerprint density at radius 2 is 1.82 bits per heavy atom. The monoisotopic (exact) mass is 518 g/mol. The second-order valence-electron chi connectivity index (χ2n) is 6.57. The number of nitrogens with zero attached hydrogens (tertiary/aromatic N) is 1. The van der Waals surface area contributed by atoms with Gasteiger partial charge in [-0.15, -0.1) is 37.1 Å². The average molecular weight is 518 g/mol. The van der Waals surface area contributed by atoms with Gasteiger partial charge in [-0.1, -0.05) is 12.1 Å². The summed E-state index contributed by atoms with van der Waals surface area (Å²) in [5.74, 6) is -0.432. The number of nitrogens with one attached hydrogen (secondary N) is 2. The number of ether oxygens (including phenoxy) is 2. The minimum atomic E-state index is -4.80. The molecule has 28 heavy (non-hydrogen) atoms. The molecule has 0 aromatic heterocycles. The number of alkyl carbamates (subject to hydrolysis) is 1. The second-order valence-corrected chi connectivity index (χ2v) is 6.57. The molecule has 7 nitrogen and oxygen atoms in total. The van der Waals surface area contributed by atoms with E-state index in [1.54, 1.807) is 26.8 Å². The van der Waals surface area contributed by atoms with Crippen LogP contribution in [0.15, 0.2) is 29.3 Å². The fourth-order valence-corrected chi connectivity index (χ4v) is 1.90. The normalized spacial score (nSPS) is 12.0. The Labute approximate surface area is 179 Å². The van der Waals surface area contributed by atoms with E-state index in [1.165, 1.54) is 18.2 Å². The van der Waals surface area contributed by atoms with Crippen molar-refractivity contribution in [2.24, 2.45) is 10.7 Å². The van der Waals surface area contributed by atoms with Crippen LogP contribution >= 0.6 is 24.0 Å². The van der Waals surface area contributed by atoms with Crippen LogP contribution in [0.3, 0.4) is 0 Å². The average Bonchev–Trinajstić information content (AvgIpc) is 2.49. The van der Waals surface area contributed by atoms with Crippen molar-refractivity contribution < 1.29 is 27.4 Å². The number of rotatable bonds is 7. The van der Waals surface area contributed by atoms with Gasteiger partial charge in [0, 0.05) is 13.1 Å². The highest BCUT2D eigenvalue weighted by Crippen LogP contribution is 2.29. The molecule has 1 amide bonds. The summed E-state index contributed by atoms with van der Waals surface area (Å²) in [7, 11) is 0. The zero-order chi connectivity index (χ0) is 20.5. The van der Waals surface area contributed by atoms with E-state index in [0.29, 0.717) is 25.9 Å². The number of halogens is 4. The number of benzene rings is 1. The highest BCUT2D eigenvalue weighted by molar-refractivity contribution is 14.0. The first-order chi connectivity index (χ1) is 12.5. The quantitative estimate of drug-likeness (QED) is 0.217. The predicted molar refractivity (Wildman–Crippen MR) is 112 cm³/mol. The number of anilines is 1. The zero-order valence-corrected chi connectivity index (χ0v) is 18.3. The lowest BCUT2D eigenvalue weighted by molar-refractivity contribution is -0.274. The molecule has 0 spiro atoms. The number of para-hydroxylation sites is 2. The second kappa shape index (κ2) is 11.8. The number of unbranched alkanes of at least 4 members (excludes halogenated alkanes) is 1. The summed E-state index contributed by atoms with van der Waals surface area (Å²) < 4.78 is 46.1. The molecule has 0 unspecified atom stereocenters.